The van der Waals surface area contributed by atoms with Crippen LogP contribution in [0.3, 0.4) is 0 Å². The van der Waals surface area contributed by atoms with Gasteiger partial charge in [0.1, 0.15) is 0 Å². The molecule has 1 heterocycles. The first kappa shape index (κ1) is 12.0. The Morgan fingerprint density at radius 1 is 1.17 bits per heavy atom. The normalized spacial score (nSPS) is 11.0. The van der Waals surface area contributed by atoms with Crippen molar-refractivity contribution in [2.45, 2.75) is 0 Å². The van der Waals surface area contributed by atoms with Crippen molar-refractivity contribution in [2.24, 2.45) is 0 Å². The van der Waals surface area contributed by atoms with Crippen LogP contribution < -0.4 is 5.73 Å². The Balaban J connectivity index is 2.34. The van der Waals surface area contributed by atoms with Crippen molar-refractivity contribution in [2.75, 3.05) is 5.73 Å². The van der Waals surface area contributed by atoms with Crippen LogP contribution in [-0.2, 0) is 0 Å². The molecule has 90 valence electrons. The number of aromatic nitrogens is 2. The molecule has 5 heteroatoms. The van der Waals surface area contributed by atoms with Gasteiger partial charge in [-0.15, -0.1) is 0 Å². The molecule has 3 aromatic rings. The number of halogens is 2. The third-order valence-electron chi connectivity index (χ3n) is 2.74. The van der Waals surface area contributed by atoms with Crippen molar-refractivity contribution in [3.8, 4) is 5.69 Å². The monoisotopic (exact) mass is 413 g/mol. The van der Waals surface area contributed by atoms with E-state index in [1.54, 1.807) is 0 Å². The second kappa shape index (κ2) is 4.55. The molecule has 0 spiro atoms. The third kappa shape index (κ3) is 1.91. The van der Waals surface area contributed by atoms with E-state index in [0.717, 1.165) is 21.2 Å². The van der Waals surface area contributed by atoms with Gasteiger partial charge in [-0.1, -0.05) is 12.1 Å². The minimum atomic E-state index is 0.498. The summed E-state index contributed by atoms with van der Waals surface area (Å²) in [5.41, 5.74) is 8.94. The van der Waals surface area contributed by atoms with Gasteiger partial charge in [0.15, 0.2) is 0 Å². The maximum absolute atomic E-state index is 6.02. The smallest absolute Gasteiger partial charge is 0.205 e. The van der Waals surface area contributed by atoms with Crippen molar-refractivity contribution >= 4 is 55.5 Å². The molecule has 0 atom stereocenters. The lowest BCUT2D eigenvalue weighted by atomic mass is 10.3. The van der Waals surface area contributed by atoms with E-state index >= 15 is 0 Å². The zero-order valence-electron chi connectivity index (χ0n) is 9.27. The van der Waals surface area contributed by atoms with Gasteiger partial charge in [0.25, 0.3) is 0 Å². The first-order valence-electron chi connectivity index (χ1n) is 5.35. The molecule has 0 fully saturated rings. The molecule has 0 saturated carbocycles. The van der Waals surface area contributed by atoms with Gasteiger partial charge in [0, 0.05) is 8.04 Å². The molecule has 3 nitrogen and oxygen atoms in total. The fourth-order valence-corrected chi connectivity index (χ4v) is 3.44. The number of rotatable bonds is 1. The Kier molecular flexibility index (Phi) is 3.03. The van der Waals surface area contributed by atoms with E-state index in [-0.39, 0.29) is 0 Å². The maximum Gasteiger partial charge on any atom is 0.205 e. The predicted molar refractivity (Wildman–Crippen MR) is 85.9 cm³/mol. The van der Waals surface area contributed by atoms with Crippen molar-refractivity contribution in [1.82, 2.24) is 9.55 Å². The van der Waals surface area contributed by atoms with Crippen LogP contribution in [0.2, 0.25) is 0 Å². The molecule has 0 unspecified atom stereocenters. The highest BCUT2D eigenvalue weighted by Crippen LogP contribution is 2.29. The summed E-state index contributed by atoms with van der Waals surface area (Å²) in [7, 11) is 0. The van der Waals surface area contributed by atoms with Gasteiger partial charge in [0.05, 0.1) is 16.7 Å². The molecule has 18 heavy (non-hydrogen) atoms. The van der Waals surface area contributed by atoms with Crippen LogP contribution in [0.25, 0.3) is 16.7 Å². The summed E-state index contributed by atoms with van der Waals surface area (Å²) in [6.07, 6.45) is 0. The van der Waals surface area contributed by atoms with E-state index in [1.165, 1.54) is 3.57 Å². The van der Waals surface area contributed by atoms with Gasteiger partial charge in [-0.3, -0.25) is 4.57 Å². The highest BCUT2D eigenvalue weighted by molar-refractivity contribution is 14.1. The summed E-state index contributed by atoms with van der Waals surface area (Å²) in [5.74, 6) is 0.498. The zero-order valence-corrected chi connectivity index (χ0v) is 13.0. The van der Waals surface area contributed by atoms with E-state index in [4.69, 9.17) is 5.73 Å². The Hall–Kier alpha value is -1.08. The molecule has 0 radical (unpaired) electrons. The van der Waals surface area contributed by atoms with Crippen molar-refractivity contribution in [1.29, 1.82) is 0 Å². The number of hydrogen-bond donors (Lipinski definition) is 1. The molecule has 0 saturated heterocycles. The van der Waals surface area contributed by atoms with Crippen molar-refractivity contribution in [3.63, 3.8) is 0 Å². The van der Waals surface area contributed by atoms with Crippen molar-refractivity contribution in [3.05, 3.63) is 50.5 Å². The number of fused-ring (bicyclic) bond motifs is 1. The number of anilines is 1. The average molecular weight is 414 g/mol. The standard InChI is InChI=1S/C13H9BrIN3/c14-9-7-8(15)5-6-11(9)18-12-4-2-1-3-10(12)17-13(18)16/h1-7H,(H2,16,17). The number of benzene rings is 2. The Morgan fingerprint density at radius 3 is 2.72 bits per heavy atom. The van der Waals surface area contributed by atoms with Crippen LogP contribution >= 0.6 is 38.5 Å². The summed E-state index contributed by atoms with van der Waals surface area (Å²) < 4.78 is 4.13. The van der Waals surface area contributed by atoms with E-state index in [9.17, 15) is 0 Å². The molecule has 2 aromatic carbocycles. The molecular weight excluding hydrogens is 405 g/mol. The fraction of sp³-hybridized carbons (Fsp3) is 0. The molecular formula is C13H9BrIN3. The van der Waals surface area contributed by atoms with E-state index in [1.807, 2.05) is 34.9 Å². The molecule has 2 N–H and O–H groups in total. The topological polar surface area (TPSA) is 43.8 Å². The summed E-state index contributed by atoms with van der Waals surface area (Å²) in [6.45, 7) is 0. The molecule has 0 aliphatic rings. The summed E-state index contributed by atoms with van der Waals surface area (Å²) in [5, 5.41) is 0. The number of nitrogens with two attached hydrogens (primary N) is 1. The first-order valence-corrected chi connectivity index (χ1v) is 7.22. The SMILES string of the molecule is Nc1nc2ccccc2n1-c1ccc(I)cc1Br. The van der Waals surface area contributed by atoms with E-state index in [0.29, 0.717) is 5.95 Å². The fourth-order valence-electron chi connectivity index (χ4n) is 1.96. The number of nitrogens with zero attached hydrogens (tertiary/aromatic N) is 2. The van der Waals surface area contributed by atoms with Crippen LogP contribution in [0.4, 0.5) is 5.95 Å². The van der Waals surface area contributed by atoms with E-state index in [2.05, 4.69) is 55.6 Å². The Bertz CT molecular complexity index is 736. The largest absolute Gasteiger partial charge is 0.369 e. The number of hydrogen-bond acceptors (Lipinski definition) is 2. The molecule has 0 aliphatic carbocycles. The van der Waals surface area contributed by atoms with Crippen molar-refractivity contribution < 1.29 is 0 Å². The van der Waals surface area contributed by atoms with Gasteiger partial charge >= 0.3 is 0 Å². The predicted octanol–water partition coefficient (Wildman–Crippen LogP) is 3.97. The summed E-state index contributed by atoms with van der Waals surface area (Å²) >= 11 is 5.86. The molecule has 0 amide bonds. The van der Waals surface area contributed by atoms with Gasteiger partial charge < -0.3 is 5.73 Å². The molecule has 0 bridgehead atoms. The lowest BCUT2D eigenvalue weighted by Crippen LogP contribution is -2.01. The second-order valence-electron chi connectivity index (χ2n) is 3.89. The van der Waals surface area contributed by atoms with E-state index < -0.39 is 0 Å². The van der Waals surface area contributed by atoms with Crippen LogP contribution in [0.5, 0.6) is 0 Å². The first-order chi connectivity index (χ1) is 8.66. The summed E-state index contributed by atoms with van der Waals surface area (Å²) in [4.78, 5) is 4.37. The quantitative estimate of drug-likeness (QED) is 0.613. The average Bonchev–Trinajstić information content (AvgIpc) is 2.66. The van der Waals surface area contributed by atoms with Gasteiger partial charge in [-0.05, 0) is 68.9 Å². The number of nitrogen functional groups attached to an aromatic ring is 1. The van der Waals surface area contributed by atoms with Gasteiger partial charge in [0.2, 0.25) is 5.95 Å². The Morgan fingerprint density at radius 2 is 1.94 bits per heavy atom. The third-order valence-corrected chi connectivity index (χ3v) is 4.04. The van der Waals surface area contributed by atoms with Crippen LogP contribution in [0.1, 0.15) is 0 Å². The van der Waals surface area contributed by atoms with Crippen LogP contribution in [0, 0.1) is 3.57 Å². The molecule has 0 aliphatic heterocycles. The number of para-hydroxylation sites is 2. The van der Waals surface area contributed by atoms with Gasteiger partial charge in [-0.25, -0.2) is 4.98 Å². The zero-order chi connectivity index (χ0) is 12.7. The minimum absolute atomic E-state index is 0.498. The van der Waals surface area contributed by atoms with Crippen LogP contribution in [0.15, 0.2) is 46.9 Å². The lowest BCUT2D eigenvalue weighted by molar-refractivity contribution is 1.10. The highest BCUT2D eigenvalue weighted by Gasteiger charge is 2.11. The van der Waals surface area contributed by atoms with Crippen LogP contribution in [-0.4, -0.2) is 9.55 Å². The maximum atomic E-state index is 6.02. The highest BCUT2D eigenvalue weighted by atomic mass is 127. The minimum Gasteiger partial charge on any atom is -0.369 e. The Labute approximate surface area is 126 Å². The lowest BCUT2D eigenvalue weighted by Gasteiger charge is -2.09. The van der Waals surface area contributed by atoms with Gasteiger partial charge in [-0.2, -0.15) is 0 Å². The molecule has 3 rings (SSSR count). The number of imidazole rings is 1. The second-order valence-corrected chi connectivity index (χ2v) is 5.99. The summed E-state index contributed by atoms with van der Waals surface area (Å²) in [6, 6.07) is 14.1. The molecule has 1 aromatic heterocycles.